The molecular formula is C16H19F3N6O2. The van der Waals surface area contributed by atoms with Crippen LogP contribution in [0.5, 0.6) is 0 Å². The molecule has 0 radical (unpaired) electrons. The number of aromatic nitrogens is 2. The molecule has 146 valence electrons. The normalized spacial score (nSPS) is 12.5. The van der Waals surface area contributed by atoms with Gasteiger partial charge < -0.3 is 26.8 Å². The van der Waals surface area contributed by atoms with Crippen molar-refractivity contribution < 1.29 is 22.7 Å². The number of pyridine rings is 2. The van der Waals surface area contributed by atoms with Crippen LogP contribution in [-0.2, 0) is 10.9 Å². The Labute approximate surface area is 153 Å². The maximum atomic E-state index is 12.8. The number of hydrogen-bond donors (Lipinski definition) is 4. The fourth-order valence-corrected chi connectivity index (χ4v) is 2.18. The zero-order valence-electron chi connectivity index (χ0n) is 14.4. The van der Waals surface area contributed by atoms with Crippen molar-refractivity contribution in [2.75, 3.05) is 30.9 Å². The van der Waals surface area contributed by atoms with Crippen LogP contribution in [0.15, 0.2) is 30.5 Å². The Morgan fingerprint density at radius 3 is 2.74 bits per heavy atom. The van der Waals surface area contributed by atoms with Crippen LogP contribution in [0.25, 0.3) is 0 Å². The molecular weight excluding hydrogens is 365 g/mol. The van der Waals surface area contributed by atoms with Crippen molar-refractivity contribution in [3.8, 4) is 0 Å². The van der Waals surface area contributed by atoms with Crippen LogP contribution in [0.1, 0.15) is 16.2 Å². The van der Waals surface area contributed by atoms with E-state index < -0.39 is 17.8 Å². The molecule has 0 aliphatic rings. The van der Waals surface area contributed by atoms with Crippen LogP contribution < -0.4 is 22.1 Å². The molecule has 0 saturated carbocycles. The third-order valence-electron chi connectivity index (χ3n) is 3.37. The number of alkyl halides is 3. The van der Waals surface area contributed by atoms with E-state index >= 15 is 0 Å². The second kappa shape index (κ2) is 8.64. The molecule has 1 atom stereocenters. The molecule has 0 bridgehead atoms. The largest absolute Gasteiger partial charge is 0.433 e. The summed E-state index contributed by atoms with van der Waals surface area (Å²) in [6.45, 7) is 0.686. The highest BCUT2D eigenvalue weighted by Gasteiger charge is 2.32. The summed E-state index contributed by atoms with van der Waals surface area (Å²) in [4.78, 5) is 19.0. The zero-order valence-corrected chi connectivity index (χ0v) is 14.4. The van der Waals surface area contributed by atoms with Gasteiger partial charge >= 0.3 is 6.18 Å². The SMILES string of the molecule is COC[C@H](N)CNc1cnc(C(N)=O)c(Nc2cccc(C(F)(F)F)n2)c1. The fourth-order valence-electron chi connectivity index (χ4n) is 2.18. The topological polar surface area (TPSA) is 128 Å². The number of nitrogens with zero attached hydrogens (tertiary/aromatic N) is 2. The standard InChI is InChI=1S/C16H19F3N6O2/c1-27-8-9(20)6-22-10-5-11(14(15(21)26)23-7-10)24-13-4-2-3-12(25-13)16(17,18)19/h2-5,7,9,22H,6,8,20H2,1H3,(H2,21,26)(H,24,25)/t9-/m1/s1. The maximum absolute atomic E-state index is 12.8. The Hall–Kier alpha value is -2.92. The average Bonchev–Trinajstić information content (AvgIpc) is 2.59. The van der Waals surface area contributed by atoms with Gasteiger partial charge in [0.15, 0.2) is 5.69 Å². The smallest absolute Gasteiger partial charge is 0.383 e. The number of primary amides is 1. The van der Waals surface area contributed by atoms with Gasteiger partial charge in [-0.15, -0.1) is 0 Å². The number of halogens is 3. The van der Waals surface area contributed by atoms with Crippen molar-refractivity contribution in [1.82, 2.24) is 9.97 Å². The molecule has 0 saturated heterocycles. The predicted molar refractivity (Wildman–Crippen MR) is 93.6 cm³/mol. The summed E-state index contributed by atoms with van der Waals surface area (Å²) in [6.07, 6.45) is -3.23. The number of anilines is 3. The molecule has 0 aromatic carbocycles. The molecule has 11 heteroatoms. The molecule has 2 rings (SSSR count). The lowest BCUT2D eigenvalue weighted by Crippen LogP contribution is -2.33. The Balaban J connectivity index is 2.26. The van der Waals surface area contributed by atoms with Gasteiger partial charge in [0.25, 0.3) is 5.91 Å². The third-order valence-corrected chi connectivity index (χ3v) is 3.37. The van der Waals surface area contributed by atoms with Crippen molar-refractivity contribution >= 4 is 23.1 Å². The van der Waals surface area contributed by atoms with Gasteiger partial charge in [-0.05, 0) is 18.2 Å². The van der Waals surface area contributed by atoms with Crippen molar-refractivity contribution in [3.63, 3.8) is 0 Å². The van der Waals surface area contributed by atoms with Crippen LogP contribution in [0, 0.1) is 0 Å². The molecule has 0 fully saturated rings. The van der Waals surface area contributed by atoms with E-state index in [1.807, 2.05) is 0 Å². The van der Waals surface area contributed by atoms with Crippen molar-refractivity contribution in [2.24, 2.45) is 11.5 Å². The predicted octanol–water partition coefficient (Wildman–Crippen LogP) is 1.72. The van der Waals surface area contributed by atoms with Crippen LogP contribution in [0.3, 0.4) is 0 Å². The lowest BCUT2D eigenvalue weighted by molar-refractivity contribution is -0.141. The molecule has 0 unspecified atom stereocenters. The summed E-state index contributed by atoms with van der Waals surface area (Å²) >= 11 is 0. The number of carbonyl (C=O) groups excluding carboxylic acids is 1. The second-order valence-corrected chi connectivity index (χ2v) is 5.61. The average molecular weight is 384 g/mol. The molecule has 1 amide bonds. The summed E-state index contributed by atoms with van der Waals surface area (Å²) in [5, 5.41) is 5.65. The first kappa shape index (κ1) is 20.4. The summed E-state index contributed by atoms with van der Waals surface area (Å²) < 4.78 is 43.4. The van der Waals surface area contributed by atoms with E-state index in [9.17, 15) is 18.0 Å². The van der Waals surface area contributed by atoms with Crippen molar-refractivity contribution in [3.05, 3.63) is 41.9 Å². The molecule has 2 aromatic heterocycles. The Bertz CT molecular complexity index is 800. The summed E-state index contributed by atoms with van der Waals surface area (Å²) in [5.74, 6) is -0.950. The third kappa shape index (κ3) is 5.79. The first-order chi connectivity index (χ1) is 12.7. The van der Waals surface area contributed by atoms with Gasteiger partial charge in [-0.25, -0.2) is 9.97 Å². The minimum Gasteiger partial charge on any atom is -0.383 e. The number of nitrogens with one attached hydrogen (secondary N) is 2. The van der Waals surface area contributed by atoms with Crippen molar-refractivity contribution in [2.45, 2.75) is 12.2 Å². The highest BCUT2D eigenvalue weighted by atomic mass is 19.4. The quantitative estimate of drug-likeness (QED) is 0.545. The van der Waals surface area contributed by atoms with Gasteiger partial charge in [-0.2, -0.15) is 13.2 Å². The van der Waals surface area contributed by atoms with Crippen molar-refractivity contribution in [1.29, 1.82) is 0 Å². The van der Waals surface area contributed by atoms with Crippen LogP contribution >= 0.6 is 0 Å². The van der Waals surface area contributed by atoms with Gasteiger partial charge in [-0.3, -0.25) is 4.79 Å². The van der Waals surface area contributed by atoms with E-state index in [4.69, 9.17) is 16.2 Å². The van der Waals surface area contributed by atoms with Crippen LogP contribution in [0.4, 0.5) is 30.4 Å². The van der Waals surface area contributed by atoms with E-state index in [-0.39, 0.29) is 23.2 Å². The number of rotatable bonds is 8. The van der Waals surface area contributed by atoms with Gasteiger partial charge in [0.2, 0.25) is 0 Å². The second-order valence-electron chi connectivity index (χ2n) is 5.61. The monoisotopic (exact) mass is 384 g/mol. The van der Waals surface area contributed by atoms with Gasteiger partial charge in [-0.1, -0.05) is 6.07 Å². The van der Waals surface area contributed by atoms with E-state index in [1.165, 1.54) is 31.5 Å². The van der Waals surface area contributed by atoms with E-state index in [0.717, 1.165) is 6.07 Å². The number of amides is 1. The highest BCUT2D eigenvalue weighted by molar-refractivity contribution is 5.97. The molecule has 6 N–H and O–H groups in total. The van der Waals surface area contributed by atoms with Gasteiger partial charge in [0.05, 0.1) is 24.2 Å². The molecule has 8 nitrogen and oxygen atoms in total. The molecule has 27 heavy (non-hydrogen) atoms. The summed E-state index contributed by atoms with van der Waals surface area (Å²) in [6, 6.07) is 4.56. The number of nitrogens with two attached hydrogens (primary N) is 2. The zero-order chi connectivity index (χ0) is 20.0. The highest BCUT2D eigenvalue weighted by Crippen LogP contribution is 2.29. The van der Waals surface area contributed by atoms with E-state index in [0.29, 0.717) is 18.8 Å². The number of methoxy groups -OCH3 is 1. The molecule has 2 heterocycles. The lowest BCUT2D eigenvalue weighted by atomic mass is 10.2. The van der Waals surface area contributed by atoms with Crippen LogP contribution in [0.2, 0.25) is 0 Å². The maximum Gasteiger partial charge on any atom is 0.433 e. The Morgan fingerprint density at radius 1 is 1.37 bits per heavy atom. The molecule has 0 aliphatic heterocycles. The fraction of sp³-hybridized carbons (Fsp3) is 0.312. The molecule has 2 aromatic rings. The summed E-state index contributed by atoms with van der Waals surface area (Å²) in [7, 11) is 1.52. The number of carbonyl (C=O) groups is 1. The van der Waals surface area contributed by atoms with Gasteiger partial charge in [0.1, 0.15) is 11.5 Å². The minimum absolute atomic E-state index is 0.109. The summed E-state index contributed by atoms with van der Waals surface area (Å²) in [5.41, 5.74) is 10.5. The number of ether oxygens (including phenoxy) is 1. The molecule has 0 aliphatic carbocycles. The number of hydrogen-bond acceptors (Lipinski definition) is 7. The molecule has 0 spiro atoms. The first-order valence-electron chi connectivity index (χ1n) is 7.80. The first-order valence-corrected chi connectivity index (χ1v) is 7.80. The van der Waals surface area contributed by atoms with E-state index in [2.05, 4.69) is 20.6 Å². The van der Waals surface area contributed by atoms with Gasteiger partial charge in [0, 0.05) is 19.7 Å². The lowest BCUT2D eigenvalue weighted by Gasteiger charge is -2.15. The minimum atomic E-state index is -4.59. The van der Waals surface area contributed by atoms with E-state index in [1.54, 1.807) is 0 Å². The Kier molecular flexibility index (Phi) is 6.53. The van der Waals surface area contributed by atoms with Crippen LogP contribution in [-0.4, -0.2) is 42.2 Å². The Morgan fingerprint density at radius 2 is 2.11 bits per heavy atom.